The first-order valence-corrected chi connectivity index (χ1v) is 11.0. The second-order valence-corrected chi connectivity index (χ2v) is 9.61. The summed E-state index contributed by atoms with van der Waals surface area (Å²) in [6, 6.07) is 15.3. The third-order valence-electron chi connectivity index (χ3n) is 5.71. The smallest absolute Gasteiger partial charge is 0.135 e. The van der Waals surface area contributed by atoms with Gasteiger partial charge in [-0.1, -0.05) is 84.9 Å². The highest BCUT2D eigenvalue weighted by molar-refractivity contribution is 6.11. The Kier molecular flexibility index (Phi) is 6.41. The van der Waals surface area contributed by atoms with Crippen molar-refractivity contribution in [1.29, 1.82) is 0 Å². The van der Waals surface area contributed by atoms with Crippen LogP contribution in [-0.4, -0.2) is 13.2 Å². The van der Waals surface area contributed by atoms with Gasteiger partial charge in [0.2, 0.25) is 0 Å². The molecular weight excluding hydrogens is 356 g/mol. The molecule has 0 aromatic heterocycles. The molecule has 0 fully saturated rings. The average Bonchev–Trinajstić information content (AvgIpc) is 2.69. The first-order valence-electron chi connectivity index (χ1n) is 11.0. The summed E-state index contributed by atoms with van der Waals surface area (Å²) in [5.74, 6) is 2.90. The van der Waals surface area contributed by atoms with E-state index in [2.05, 4.69) is 90.9 Å². The largest absolute Gasteiger partial charge is 0.492 e. The van der Waals surface area contributed by atoms with Gasteiger partial charge >= 0.3 is 0 Å². The summed E-state index contributed by atoms with van der Waals surface area (Å²) in [7, 11) is 0. The van der Waals surface area contributed by atoms with Gasteiger partial charge in [0.15, 0.2) is 0 Å². The molecule has 3 rings (SSSR count). The van der Waals surface area contributed by atoms with Crippen molar-refractivity contribution in [1.82, 2.24) is 0 Å². The van der Waals surface area contributed by atoms with E-state index in [0.29, 0.717) is 25.0 Å². The van der Waals surface area contributed by atoms with Crippen LogP contribution in [0, 0.1) is 11.8 Å². The summed E-state index contributed by atoms with van der Waals surface area (Å²) >= 11 is 0. The van der Waals surface area contributed by atoms with E-state index >= 15 is 0 Å². The summed E-state index contributed by atoms with van der Waals surface area (Å²) < 4.78 is 12.8. The van der Waals surface area contributed by atoms with Crippen molar-refractivity contribution in [2.45, 2.75) is 60.3 Å². The van der Waals surface area contributed by atoms with Crippen LogP contribution in [0.2, 0.25) is 0 Å². The quantitative estimate of drug-likeness (QED) is 0.365. The number of fused-ring (bicyclic) bond motifs is 2. The van der Waals surface area contributed by atoms with Crippen molar-refractivity contribution in [2.75, 3.05) is 13.2 Å². The van der Waals surface area contributed by atoms with Crippen LogP contribution in [0.25, 0.3) is 21.5 Å². The third kappa shape index (κ3) is 4.52. The highest BCUT2D eigenvalue weighted by atomic mass is 16.5. The first kappa shape index (κ1) is 21.5. The van der Waals surface area contributed by atoms with Gasteiger partial charge in [-0.2, -0.15) is 0 Å². The summed E-state index contributed by atoms with van der Waals surface area (Å²) in [4.78, 5) is 0. The highest BCUT2D eigenvalue weighted by Crippen LogP contribution is 2.44. The summed E-state index contributed by atoms with van der Waals surface area (Å²) in [6.45, 7) is 17.0. The lowest BCUT2D eigenvalue weighted by Gasteiger charge is -2.25. The Labute approximate surface area is 176 Å². The Morgan fingerprint density at radius 2 is 1.21 bits per heavy atom. The maximum absolute atomic E-state index is 6.42. The topological polar surface area (TPSA) is 18.5 Å². The molecule has 156 valence electrons. The molecule has 0 unspecified atom stereocenters. The van der Waals surface area contributed by atoms with Crippen LogP contribution in [0.4, 0.5) is 0 Å². The van der Waals surface area contributed by atoms with Crippen LogP contribution in [0.3, 0.4) is 0 Å². The van der Waals surface area contributed by atoms with Gasteiger partial charge in [0.1, 0.15) is 11.5 Å². The minimum absolute atomic E-state index is 0.119. The molecule has 0 aliphatic carbocycles. The molecule has 29 heavy (non-hydrogen) atoms. The van der Waals surface area contributed by atoms with Crippen LogP contribution in [0.5, 0.6) is 11.5 Å². The molecule has 3 aromatic carbocycles. The SMILES string of the molecule is CCC(C)(C)c1ccc2c(OCC(C)C)c3ccccc3c(OCC(C)C)c2c1. The lowest BCUT2D eigenvalue weighted by Crippen LogP contribution is -2.15. The molecule has 0 aliphatic rings. The Morgan fingerprint density at radius 1 is 0.724 bits per heavy atom. The second-order valence-electron chi connectivity index (χ2n) is 9.61. The minimum atomic E-state index is 0.119. The third-order valence-corrected chi connectivity index (χ3v) is 5.71. The van der Waals surface area contributed by atoms with Crippen LogP contribution in [-0.2, 0) is 5.41 Å². The average molecular weight is 393 g/mol. The van der Waals surface area contributed by atoms with Gasteiger partial charge < -0.3 is 9.47 Å². The lowest BCUT2D eigenvalue weighted by atomic mass is 9.81. The Balaban J connectivity index is 2.32. The maximum Gasteiger partial charge on any atom is 0.135 e. The molecule has 3 aromatic rings. The Bertz CT molecular complexity index is 983. The molecule has 2 heteroatoms. The van der Waals surface area contributed by atoms with Gasteiger partial charge in [-0.25, -0.2) is 0 Å². The van der Waals surface area contributed by atoms with Gasteiger partial charge in [0, 0.05) is 21.5 Å². The van der Waals surface area contributed by atoms with Crippen molar-refractivity contribution in [3.63, 3.8) is 0 Å². The Morgan fingerprint density at radius 3 is 1.69 bits per heavy atom. The van der Waals surface area contributed by atoms with Gasteiger partial charge in [-0.05, 0) is 35.3 Å². The molecule has 0 saturated heterocycles. The van der Waals surface area contributed by atoms with E-state index in [9.17, 15) is 0 Å². The monoisotopic (exact) mass is 392 g/mol. The van der Waals surface area contributed by atoms with E-state index in [-0.39, 0.29) is 5.41 Å². The van der Waals surface area contributed by atoms with E-state index in [1.165, 1.54) is 5.56 Å². The zero-order valence-electron chi connectivity index (χ0n) is 19.1. The predicted octanol–water partition coefficient (Wildman–Crippen LogP) is 7.75. The van der Waals surface area contributed by atoms with E-state index in [1.807, 2.05) is 0 Å². The van der Waals surface area contributed by atoms with E-state index < -0.39 is 0 Å². The summed E-state index contributed by atoms with van der Waals surface area (Å²) in [5.41, 5.74) is 1.46. The van der Waals surface area contributed by atoms with E-state index in [4.69, 9.17) is 9.47 Å². The molecule has 0 saturated carbocycles. The van der Waals surface area contributed by atoms with Crippen LogP contribution >= 0.6 is 0 Å². The standard InChI is InChI=1S/C27H36O2/c1-8-27(6,7)20-13-14-23-24(15-20)26(29-17-19(4)5)22-12-10-9-11-21(22)25(23)28-16-18(2)3/h9-15,18-19H,8,16-17H2,1-7H3. The highest BCUT2D eigenvalue weighted by Gasteiger charge is 2.22. The maximum atomic E-state index is 6.42. The van der Waals surface area contributed by atoms with Crippen molar-refractivity contribution in [2.24, 2.45) is 11.8 Å². The molecule has 0 aliphatic heterocycles. The number of ether oxygens (including phenoxy) is 2. The van der Waals surface area contributed by atoms with E-state index in [0.717, 1.165) is 39.5 Å². The summed E-state index contributed by atoms with van der Waals surface area (Å²) in [6.07, 6.45) is 1.09. The molecule has 0 atom stereocenters. The summed E-state index contributed by atoms with van der Waals surface area (Å²) in [5, 5.41) is 4.55. The molecular formula is C27H36O2. The van der Waals surface area contributed by atoms with Crippen molar-refractivity contribution in [3.8, 4) is 11.5 Å². The zero-order chi connectivity index (χ0) is 21.2. The number of hydrogen-bond donors (Lipinski definition) is 0. The second kappa shape index (κ2) is 8.65. The number of rotatable bonds is 8. The van der Waals surface area contributed by atoms with Crippen LogP contribution in [0.1, 0.15) is 60.5 Å². The zero-order valence-corrected chi connectivity index (χ0v) is 19.1. The van der Waals surface area contributed by atoms with Gasteiger partial charge in [0.05, 0.1) is 13.2 Å². The van der Waals surface area contributed by atoms with Crippen LogP contribution in [0.15, 0.2) is 42.5 Å². The normalized spacial score (nSPS) is 12.3. The van der Waals surface area contributed by atoms with Crippen LogP contribution < -0.4 is 9.47 Å². The fourth-order valence-electron chi connectivity index (χ4n) is 3.54. The molecule has 0 heterocycles. The predicted molar refractivity (Wildman–Crippen MR) is 125 cm³/mol. The van der Waals surface area contributed by atoms with Crippen molar-refractivity contribution in [3.05, 3.63) is 48.0 Å². The molecule has 2 nitrogen and oxygen atoms in total. The molecule has 0 radical (unpaired) electrons. The minimum Gasteiger partial charge on any atom is -0.492 e. The number of benzene rings is 3. The van der Waals surface area contributed by atoms with E-state index in [1.54, 1.807) is 0 Å². The Hall–Kier alpha value is -2.22. The van der Waals surface area contributed by atoms with Crippen molar-refractivity contribution >= 4 is 21.5 Å². The number of hydrogen-bond acceptors (Lipinski definition) is 2. The molecule has 0 spiro atoms. The van der Waals surface area contributed by atoms with Gasteiger partial charge in [-0.15, -0.1) is 0 Å². The van der Waals surface area contributed by atoms with Gasteiger partial charge in [0.25, 0.3) is 0 Å². The first-order chi connectivity index (χ1) is 13.7. The van der Waals surface area contributed by atoms with Gasteiger partial charge in [-0.3, -0.25) is 0 Å². The molecule has 0 N–H and O–H groups in total. The lowest BCUT2D eigenvalue weighted by molar-refractivity contribution is 0.272. The molecule has 0 amide bonds. The molecule has 0 bridgehead atoms. The fraction of sp³-hybridized carbons (Fsp3) is 0.481. The fourth-order valence-corrected chi connectivity index (χ4v) is 3.54. The van der Waals surface area contributed by atoms with Crippen molar-refractivity contribution < 1.29 is 9.47 Å².